The third-order valence-corrected chi connectivity index (χ3v) is 3.60. The van der Waals surface area contributed by atoms with Gasteiger partial charge in [-0.05, 0) is 24.1 Å². The van der Waals surface area contributed by atoms with Crippen molar-refractivity contribution in [2.24, 2.45) is 7.05 Å². The quantitative estimate of drug-likeness (QED) is 0.704. The molecule has 1 amide bonds. The standard InChI is InChI=1S/C17H19N5O3/c1-22-11-12(10-18-22)7-8-17-20-15(21-25-17)9-16(23)19-13-5-3-4-6-14(13)24-2/h3-6,10-11H,7-9H2,1-2H3,(H,19,23). The fraction of sp³-hybridized carbons (Fsp3) is 0.294. The van der Waals surface area contributed by atoms with E-state index in [0.717, 1.165) is 12.0 Å². The van der Waals surface area contributed by atoms with Gasteiger partial charge in [-0.15, -0.1) is 0 Å². The summed E-state index contributed by atoms with van der Waals surface area (Å²) in [5, 5.41) is 10.8. The highest BCUT2D eigenvalue weighted by Gasteiger charge is 2.13. The molecule has 2 heterocycles. The van der Waals surface area contributed by atoms with Gasteiger partial charge in [0, 0.05) is 19.7 Å². The number of nitrogens with zero attached hydrogens (tertiary/aromatic N) is 4. The molecule has 8 heteroatoms. The predicted octanol–water partition coefficient (Wildman–Crippen LogP) is 1.78. The normalized spacial score (nSPS) is 10.6. The van der Waals surface area contributed by atoms with Gasteiger partial charge < -0.3 is 14.6 Å². The molecule has 3 aromatic rings. The van der Waals surface area contributed by atoms with E-state index in [1.807, 2.05) is 25.4 Å². The number of rotatable bonds is 7. The zero-order chi connectivity index (χ0) is 17.6. The highest BCUT2D eigenvalue weighted by atomic mass is 16.5. The Morgan fingerprint density at radius 2 is 2.16 bits per heavy atom. The number of amides is 1. The van der Waals surface area contributed by atoms with Gasteiger partial charge in [-0.3, -0.25) is 9.48 Å². The number of aryl methyl sites for hydroxylation is 3. The van der Waals surface area contributed by atoms with Crippen LogP contribution in [0.3, 0.4) is 0 Å². The van der Waals surface area contributed by atoms with Crippen molar-refractivity contribution < 1.29 is 14.1 Å². The summed E-state index contributed by atoms with van der Waals surface area (Å²) in [5.41, 5.74) is 1.70. The van der Waals surface area contributed by atoms with Gasteiger partial charge in [-0.25, -0.2) is 0 Å². The molecule has 0 atom stereocenters. The molecule has 0 saturated carbocycles. The van der Waals surface area contributed by atoms with Crippen LogP contribution in [-0.2, 0) is 31.1 Å². The number of anilines is 1. The van der Waals surface area contributed by atoms with Crippen LogP contribution in [0, 0.1) is 0 Å². The van der Waals surface area contributed by atoms with E-state index in [0.29, 0.717) is 29.6 Å². The summed E-state index contributed by atoms with van der Waals surface area (Å²) < 4.78 is 12.1. The first-order valence-electron chi connectivity index (χ1n) is 7.86. The molecule has 0 bridgehead atoms. The van der Waals surface area contributed by atoms with Crippen molar-refractivity contribution in [2.45, 2.75) is 19.3 Å². The lowest BCUT2D eigenvalue weighted by Crippen LogP contribution is -2.15. The van der Waals surface area contributed by atoms with Gasteiger partial charge in [0.1, 0.15) is 5.75 Å². The van der Waals surface area contributed by atoms with Gasteiger partial charge in [-0.2, -0.15) is 10.1 Å². The number of benzene rings is 1. The van der Waals surface area contributed by atoms with Crippen LogP contribution in [0.4, 0.5) is 5.69 Å². The van der Waals surface area contributed by atoms with Crippen molar-refractivity contribution in [2.75, 3.05) is 12.4 Å². The maximum Gasteiger partial charge on any atom is 0.232 e. The Hall–Kier alpha value is -3.16. The van der Waals surface area contributed by atoms with E-state index in [-0.39, 0.29) is 12.3 Å². The van der Waals surface area contributed by atoms with Gasteiger partial charge in [-0.1, -0.05) is 17.3 Å². The average Bonchev–Trinajstić information content (AvgIpc) is 3.22. The van der Waals surface area contributed by atoms with Crippen molar-refractivity contribution >= 4 is 11.6 Å². The van der Waals surface area contributed by atoms with Crippen LogP contribution in [0.25, 0.3) is 0 Å². The van der Waals surface area contributed by atoms with E-state index >= 15 is 0 Å². The van der Waals surface area contributed by atoms with E-state index in [2.05, 4.69) is 20.6 Å². The van der Waals surface area contributed by atoms with E-state index in [1.54, 1.807) is 30.1 Å². The van der Waals surface area contributed by atoms with Crippen LogP contribution in [0.5, 0.6) is 5.75 Å². The summed E-state index contributed by atoms with van der Waals surface area (Å²) in [6.07, 6.45) is 5.14. The van der Waals surface area contributed by atoms with Gasteiger partial charge >= 0.3 is 0 Å². The highest BCUT2D eigenvalue weighted by molar-refractivity contribution is 5.93. The fourth-order valence-electron chi connectivity index (χ4n) is 2.40. The molecule has 0 aliphatic carbocycles. The first-order valence-corrected chi connectivity index (χ1v) is 7.86. The summed E-state index contributed by atoms with van der Waals surface area (Å²) in [6.45, 7) is 0. The minimum Gasteiger partial charge on any atom is -0.495 e. The molecule has 1 N–H and O–H groups in total. The van der Waals surface area contributed by atoms with E-state index in [9.17, 15) is 4.79 Å². The number of hydrogen-bond donors (Lipinski definition) is 1. The van der Waals surface area contributed by atoms with Crippen LogP contribution in [0.1, 0.15) is 17.3 Å². The molecule has 2 aromatic heterocycles. The Balaban J connectivity index is 1.54. The fourth-order valence-corrected chi connectivity index (χ4v) is 2.40. The minimum atomic E-state index is -0.232. The summed E-state index contributed by atoms with van der Waals surface area (Å²) in [4.78, 5) is 16.4. The second-order valence-electron chi connectivity index (χ2n) is 5.55. The zero-order valence-corrected chi connectivity index (χ0v) is 14.1. The van der Waals surface area contributed by atoms with E-state index in [1.165, 1.54) is 0 Å². The summed E-state index contributed by atoms with van der Waals surface area (Å²) >= 11 is 0. The molecule has 0 aliphatic rings. The molecule has 3 rings (SSSR count). The lowest BCUT2D eigenvalue weighted by Gasteiger charge is -2.08. The first kappa shape index (κ1) is 16.7. The minimum absolute atomic E-state index is 0.0362. The monoisotopic (exact) mass is 341 g/mol. The summed E-state index contributed by atoms with van der Waals surface area (Å²) in [6, 6.07) is 7.21. The van der Waals surface area contributed by atoms with Crippen molar-refractivity contribution in [1.29, 1.82) is 0 Å². The van der Waals surface area contributed by atoms with E-state index < -0.39 is 0 Å². The number of hydrogen-bond acceptors (Lipinski definition) is 6. The molecular formula is C17H19N5O3. The Labute approximate surface area is 144 Å². The highest BCUT2D eigenvalue weighted by Crippen LogP contribution is 2.23. The molecule has 0 fully saturated rings. The number of carbonyl (C=O) groups excluding carboxylic acids is 1. The summed E-state index contributed by atoms with van der Waals surface area (Å²) in [5.74, 6) is 1.22. The molecule has 8 nitrogen and oxygen atoms in total. The zero-order valence-electron chi connectivity index (χ0n) is 14.1. The Morgan fingerprint density at radius 1 is 1.32 bits per heavy atom. The van der Waals surface area contributed by atoms with Crippen molar-refractivity contribution in [3.05, 3.63) is 53.9 Å². The number of para-hydroxylation sites is 2. The molecule has 0 radical (unpaired) electrons. The number of methoxy groups -OCH3 is 1. The Morgan fingerprint density at radius 3 is 2.92 bits per heavy atom. The summed E-state index contributed by atoms with van der Waals surface area (Å²) in [7, 11) is 3.42. The van der Waals surface area contributed by atoms with Crippen LogP contribution < -0.4 is 10.1 Å². The van der Waals surface area contributed by atoms with Crippen LogP contribution in [-0.4, -0.2) is 32.9 Å². The lowest BCUT2D eigenvalue weighted by atomic mass is 10.2. The van der Waals surface area contributed by atoms with Gasteiger partial charge in [0.05, 0.1) is 25.4 Å². The third-order valence-electron chi connectivity index (χ3n) is 3.60. The number of aromatic nitrogens is 4. The average molecular weight is 341 g/mol. The van der Waals surface area contributed by atoms with Gasteiger partial charge in [0.2, 0.25) is 11.8 Å². The maximum atomic E-state index is 12.1. The molecule has 0 saturated heterocycles. The van der Waals surface area contributed by atoms with Crippen LogP contribution >= 0.6 is 0 Å². The molecule has 0 aliphatic heterocycles. The molecular weight excluding hydrogens is 322 g/mol. The Kier molecular flexibility index (Phi) is 5.08. The molecule has 130 valence electrons. The predicted molar refractivity (Wildman–Crippen MR) is 90.2 cm³/mol. The molecule has 0 unspecified atom stereocenters. The third kappa shape index (κ3) is 4.43. The molecule has 0 spiro atoms. The molecule has 1 aromatic carbocycles. The second-order valence-corrected chi connectivity index (χ2v) is 5.55. The van der Waals surface area contributed by atoms with Crippen molar-refractivity contribution in [1.82, 2.24) is 19.9 Å². The van der Waals surface area contributed by atoms with Crippen molar-refractivity contribution in [3.8, 4) is 5.75 Å². The smallest absolute Gasteiger partial charge is 0.232 e. The van der Waals surface area contributed by atoms with Crippen molar-refractivity contribution in [3.63, 3.8) is 0 Å². The SMILES string of the molecule is COc1ccccc1NC(=O)Cc1noc(CCc2cnn(C)c2)n1. The lowest BCUT2D eigenvalue weighted by molar-refractivity contribution is -0.115. The number of ether oxygens (including phenoxy) is 1. The van der Waals surface area contributed by atoms with Gasteiger partial charge in [0.15, 0.2) is 5.82 Å². The molecule has 25 heavy (non-hydrogen) atoms. The Bertz CT molecular complexity index is 855. The number of carbonyl (C=O) groups is 1. The number of nitrogens with one attached hydrogen (secondary N) is 1. The van der Waals surface area contributed by atoms with Crippen LogP contribution in [0.15, 0.2) is 41.2 Å². The second kappa shape index (κ2) is 7.61. The first-order chi connectivity index (χ1) is 12.1. The largest absolute Gasteiger partial charge is 0.495 e. The maximum absolute atomic E-state index is 12.1. The topological polar surface area (TPSA) is 95.1 Å². The van der Waals surface area contributed by atoms with Crippen LogP contribution in [0.2, 0.25) is 0 Å². The van der Waals surface area contributed by atoms with E-state index in [4.69, 9.17) is 9.26 Å². The van der Waals surface area contributed by atoms with Gasteiger partial charge in [0.25, 0.3) is 0 Å².